The van der Waals surface area contributed by atoms with Gasteiger partial charge in [0.1, 0.15) is 11.6 Å². The van der Waals surface area contributed by atoms with E-state index < -0.39 is 11.7 Å². The number of carbonyl (C=O) groups is 2. The van der Waals surface area contributed by atoms with Gasteiger partial charge in [-0.25, -0.2) is 4.39 Å². The van der Waals surface area contributed by atoms with Gasteiger partial charge in [-0.15, -0.1) is 16.8 Å². The minimum atomic E-state index is -0.523. The molecule has 0 atom stereocenters. The Kier molecular flexibility index (Phi) is 8.02. The van der Waals surface area contributed by atoms with E-state index in [0.717, 1.165) is 5.56 Å². The zero-order valence-electron chi connectivity index (χ0n) is 17.3. The van der Waals surface area contributed by atoms with Crippen molar-refractivity contribution in [3.05, 3.63) is 77.3 Å². The fraction of sp³-hybridized carbons (Fsp3) is 0.182. The van der Waals surface area contributed by atoms with Crippen molar-refractivity contribution < 1.29 is 14.0 Å². The second-order valence-corrected chi connectivity index (χ2v) is 8.18. The van der Waals surface area contributed by atoms with Gasteiger partial charge < -0.3 is 15.2 Å². The lowest BCUT2D eigenvalue weighted by atomic mass is 10.2. The van der Waals surface area contributed by atoms with Crippen LogP contribution in [0.25, 0.3) is 0 Å². The molecular formula is C22H21ClFN5O2S. The predicted molar refractivity (Wildman–Crippen MR) is 124 cm³/mol. The molecule has 2 amide bonds. The number of nitrogens with zero attached hydrogens (tertiary/aromatic N) is 3. The summed E-state index contributed by atoms with van der Waals surface area (Å²) in [6.45, 7) is 5.94. The summed E-state index contributed by atoms with van der Waals surface area (Å²) in [6.07, 6.45) is 1.53. The lowest BCUT2D eigenvalue weighted by Gasteiger charge is -2.10. The first-order chi connectivity index (χ1) is 15.4. The molecule has 0 aliphatic heterocycles. The molecule has 1 aromatic heterocycles. The van der Waals surface area contributed by atoms with Crippen LogP contribution in [-0.2, 0) is 22.6 Å². The number of rotatable bonds is 9. The van der Waals surface area contributed by atoms with Crippen molar-refractivity contribution in [1.82, 2.24) is 14.8 Å². The third-order valence-electron chi connectivity index (χ3n) is 4.38. The third kappa shape index (κ3) is 6.18. The van der Waals surface area contributed by atoms with E-state index in [1.807, 2.05) is 13.0 Å². The molecule has 2 aromatic carbocycles. The molecule has 3 rings (SSSR count). The van der Waals surface area contributed by atoms with Crippen LogP contribution in [-0.4, -0.2) is 32.3 Å². The summed E-state index contributed by atoms with van der Waals surface area (Å²) in [5, 5.41) is 14.5. The Morgan fingerprint density at radius 1 is 1.16 bits per heavy atom. The molecule has 1 heterocycles. The van der Waals surface area contributed by atoms with Gasteiger partial charge in [0.15, 0.2) is 5.16 Å². The van der Waals surface area contributed by atoms with Crippen molar-refractivity contribution in [2.45, 2.75) is 25.0 Å². The number of carbonyl (C=O) groups excluding carboxylic acids is 2. The van der Waals surface area contributed by atoms with E-state index in [9.17, 15) is 14.0 Å². The molecule has 0 saturated carbocycles. The molecule has 0 unspecified atom stereocenters. The van der Waals surface area contributed by atoms with Crippen LogP contribution in [0.2, 0.25) is 5.02 Å². The van der Waals surface area contributed by atoms with Crippen molar-refractivity contribution in [3.8, 4) is 0 Å². The summed E-state index contributed by atoms with van der Waals surface area (Å²) >= 11 is 7.18. The number of nitrogens with one attached hydrogen (secondary N) is 2. The van der Waals surface area contributed by atoms with Crippen molar-refractivity contribution in [2.75, 3.05) is 16.4 Å². The van der Waals surface area contributed by atoms with Gasteiger partial charge in [-0.2, -0.15) is 0 Å². The highest BCUT2D eigenvalue weighted by molar-refractivity contribution is 7.99. The van der Waals surface area contributed by atoms with Crippen LogP contribution < -0.4 is 10.6 Å². The molecule has 0 radical (unpaired) electrons. The molecule has 3 aromatic rings. The summed E-state index contributed by atoms with van der Waals surface area (Å²) in [4.78, 5) is 24.7. The van der Waals surface area contributed by atoms with Crippen LogP contribution in [0, 0.1) is 12.7 Å². The minimum absolute atomic E-state index is 0.0860. The van der Waals surface area contributed by atoms with Crippen LogP contribution in [0.1, 0.15) is 11.4 Å². The third-order valence-corrected chi connectivity index (χ3v) is 5.58. The van der Waals surface area contributed by atoms with E-state index in [0.29, 0.717) is 28.2 Å². The van der Waals surface area contributed by atoms with Gasteiger partial charge in [-0.3, -0.25) is 9.59 Å². The molecular weight excluding hydrogens is 453 g/mol. The zero-order valence-corrected chi connectivity index (χ0v) is 18.8. The number of aromatic nitrogens is 3. The number of amides is 2. The van der Waals surface area contributed by atoms with Gasteiger partial charge >= 0.3 is 0 Å². The molecule has 2 N–H and O–H groups in total. The number of thioether (sulfide) groups is 1. The van der Waals surface area contributed by atoms with E-state index >= 15 is 0 Å². The van der Waals surface area contributed by atoms with E-state index in [-0.39, 0.29) is 23.8 Å². The molecule has 10 heteroatoms. The van der Waals surface area contributed by atoms with Crippen molar-refractivity contribution in [3.63, 3.8) is 0 Å². The molecule has 0 aliphatic carbocycles. The molecule has 0 bridgehead atoms. The number of hydrogen-bond acceptors (Lipinski definition) is 5. The first kappa shape index (κ1) is 23.5. The molecule has 166 valence electrons. The van der Waals surface area contributed by atoms with Gasteiger partial charge in [0.2, 0.25) is 11.8 Å². The van der Waals surface area contributed by atoms with Gasteiger partial charge in [-0.05, 0) is 36.8 Å². The SMILES string of the molecule is C=CCn1c(CC(=O)Nc2ccccc2F)nnc1SCC(=O)Nc1cc(Cl)ccc1C. The van der Waals surface area contributed by atoms with E-state index in [4.69, 9.17) is 11.6 Å². The van der Waals surface area contributed by atoms with E-state index in [1.165, 1.54) is 23.9 Å². The molecule has 0 saturated heterocycles. The number of aryl methyl sites for hydroxylation is 1. The summed E-state index contributed by atoms with van der Waals surface area (Å²) in [7, 11) is 0. The molecule has 7 nitrogen and oxygen atoms in total. The lowest BCUT2D eigenvalue weighted by molar-refractivity contribution is -0.116. The lowest BCUT2D eigenvalue weighted by Crippen LogP contribution is -2.19. The van der Waals surface area contributed by atoms with Gasteiger partial charge in [0.25, 0.3) is 0 Å². The van der Waals surface area contributed by atoms with Crippen LogP contribution in [0.3, 0.4) is 0 Å². The number of hydrogen-bond donors (Lipinski definition) is 2. The zero-order chi connectivity index (χ0) is 23.1. The van der Waals surface area contributed by atoms with E-state index in [2.05, 4.69) is 27.4 Å². The molecule has 0 spiro atoms. The second kappa shape index (κ2) is 10.9. The number of halogens is 2. The number of para-hydroxylation sites is 1. The van der Waals surface area contributed by atoms with Crippen LogP contribution >= 0.6 is 23.4 Å². The number of benzene rings is 2. The first-order valence-electron chi connectivity index (χ1n) is 9.63. The minimum Gasteiger partial charge on any atom is -0.325 e. The van der Waals surface area contributed by atoms with Crippen molar-refractivity contribution in [1.29, 1.82) is 0 Å². The number of allylic oxidation sites excluding steroid dienone is 1. The Labute approximate surface area is 194 Å². The summed E-state index contributed by atoms with van der Waals surface area (Å²) in [5.41, 5.74) is 1.63. The smallest absolute Gasteiger partial charge is 0.234 e. The molecule has 32 heavy (non-hydrogen) atoms. The molecule has 0 fully saturated rings. The number of anilines is 2. The topological polar surface area (TPSA) is 88.9 Å². The normalized spacial score (nSPS) is 10.6. The summed E-state index contributed by atoms with van der Waals surface area (Å²) in [6, 6.07) is 11.2. The fourth-order valence-electron chi connectivity index (χ4n) is 2.81. The Morgan fingerprint density at radius 2 is 1.91 bits per heavy atom. The average Bonchev–Trinajstić information content (AvgIpc) is 3.12. The van der Waals surface area contributed by atoms with Crippen LogP contribution in [0.4, 0.5) is 15.8 Å². The second-order valence-electron chi connectivity index (χ2n) is 6.80. The van der Waals surface area contributed by atoms with Crippen molar-refractivity contribution in [2.24, 2.45) is 0 Å². The highest BCUT2D eigenvalue weighted by Crippen LogP contribution is 2.22. The average molecular weight is 474 g/mol. The quantitative estimate of drug-likeness (QED) is 0.353. The van der Waals surface area contributed by atoms with Gasteiger partial charge in [0, 0.05) is 17.3 Å². The van der Waals surface area contributed by atoms with Crippen LogP contribution in [0.5, 0.6) is 0 Å². The Bertz CT molecular complexity index is 1150. The standard InChI is InChI=1S/C22H21ClFN5O2S/c1-3-10-29-19(12-20(30)25-17-7-5-4-6-16(17)24)27-28-22(29)32-13-21(31)26-18-11-15(23)9-8-14(18)2/h3-9,11H,1,10,12-13H2,2H3,(H,25,30)(H,26,31). The predicted octanol–water partition coefficient (Wildman–Crippen LogP) is 4.48. The Morgan fingerprint density at radius 3 is 2.66 bits per heavy atom. The van der Waals surface area contributed by atoms with E-state index in [1.54, 1.807) is 34.9 Å². The maximum Gasteiger partial charge on any atom is 0.234 e. The fourth-order valence-corrected chi connectivity index (χ4v) is 3.75. The Balaban J connectivity index is 1.64. The highest BCUT2D eigenvalue weighted by Gasteiger charge is 2.17. The largest absolute Gasteiger partial charge is 0.325 e. The maximum absolute atomic E-state index is 13.8. The Hall–Kier alpha value is -3.17. The highest BCUT2D eigenvalue weighted by atomic mass is 35.5. The van der Waals surface area contributed by atoms with Gasteiger partial charge in [0.05, 0.1) is 17.9 Å². The van der Waals surface area contributed by atoms with Gasteiger partial charge in [-0.1, -0.05) is 47.6 Å². The maximum atomic E-state index is 13.8. The van der Waals surface area contributed by atoms with Crippen LogP contribution in [0.15, 0.2) is 60.3 Å². The monoisotopic (exact) mass is 473 g/mol. The first-order valence-corrected chi connectivity index (χ1v) is 11.0. The molecule has 0 aliphatic rings. The summed E-state index contributed by atoms with van der Waals surface area (Å²) in [5.74, 6) is -0.716. The summed E-state index contributed by atoms with van der Waals surface area (Å²) < 4.78 is 15.5. The van der Waals surface area contributed by atoms with Crippen molar-refractivity contribution >= 4 is 46.6 Å².